The molecule has 1 amide bonds. The molecular weight excluding hydrogens is 366 g/mol. The number of aryl methyl sites for hydroxylation is 1. The van der Waals surface area contributed by atoms with Crippen LogP contribution in [0.1, 0.15) is 55.8 Å². The molecule has 1 spiro atoms. The molecule has 3 heterocycles. The summed E-state index contributed by atoms with van der Waals surface area (Å²) >= 11 is 0. The first kappa shape index (κ1) is 18.8. The summed E-state index contributed by atoms with van der Waals surface area (Å²) in [6.45, 7) is 4.21. The number of carbonyl (C=O) groups is 1. The van der Waals surface area contributed by atoms with Gasteiger partial charge in [0, 0.05) is 26.1 Å². The Labute approximate surface area is 171 Å². The summed E-state index contributed by atoms with van der Waals surface area (Å²) in [5.41, 5.74) is 0.810. The van der Waals surface area contributed by atoms with Crippen LogP contribution in [0, 0.1) is 12.8 Å². The van der Waals surface area contributed by atoms with Gasteiger partial charge in [-0.05, 0) is 56.9 Å². The molecule has 29 heavy (non-hydrogen) atoms. The number of amides is 1. The van der Waals surface area contributed by atoms with Crippen molar-refractivity contribution in [2.45, 2.75) is 62.9 Å². The number of hydrogen-bond donors (Lipinski definition) is 0. The van der Waals surface area contributed by atoms with Gasteiger partial charge in [0.25, 0.3) is 0 Å². The average molecular weight is 396 g/mol. The van der Waals surface area contributed by atoms with Gasteiger partial charge in [0.15, 0.2) is 5.82 Å². The molecule has 1 unspecified atom stereocenters. The molecule has 6 heteroatoms. The van der Waals surface area contributed by atoms with E-state index in [4.69, 9.17) is 9.26 Å². The van der Waals surface area contributed by atoms with Crippen molar-refractivity contribution in [1.82, 2.24) is 15.0 Å². The van der Waals surface area contributed by atoms with E-state index in [-0.39, 0.29) is 11.0 Å². The molecule has 1 aromatic heterocycles. The molecule has 1 saturated carbocycles. The second-order valence-corrected chi connectivity index (χ2v) is 9.07. The molecule has 0 radical (unpaired) electrons. The van der Waals surface area contributed by atoms with E-state index >= 15 is 0 Å². The van der Waals surface area contributed by atoms with Crippen LogP contribution >= 0.6 is 0 Å². The fourth-order valence-electron chi connectivity index (χ4n) is 5.25. The van der Waals surface area contributed by atoms with Crippen molar-refractivity contribution in [3.8, 4) is 0 Å². The van der Waals surface area contributed by atoms with E-state index in [1.807, 2.05) is 25.1 Å². The molecule has 3 aliphatic rings. The Morgan fingerprint density at radius 2 is 1.93 bits per heavy atom. The lowest BCUT2D eigenvalue weighted by molar-refractivity contribution is -0.149. The van der Waals surface area contributed by atoms with Gasteiger partial charge in [-0.1, -0.05) is 35.5 Å². The maximum absolute atomic E-state index is 13.3. The van der Waals surface area contributed by atoms with Gasteiger partial charge in [0.2, 0.25) is 11.8 Å². The zero-order chi connectivity index (χ0) is 19.9. The van der Waals surface area contributed by atoms with Crippen molar-refractivity contribution in [2.24, 2.45) is 5.92 Å². The fourth-order valence-corrected chi connectivity index (χ4v) is 5.25. The SMILES string of the molecule is Cc1noc(CC2CCOC3(CCN(C(=O)C4(c5ccccc5)CC4)CC3)C2)n1. The van der Waals surface area contributed by atoms with Crippen LogP contribution in [0.4, 0.5) is 0 Å². The Balaban J connectivity index is 1.21. The monoisotopic (exact) mass is 395 g/mol. The van der Waals surface area contributed by atoms with Gasteiger partial charge in [-0.3, -0.25) is 4.79 Å². The molecule has 0 bridgehead atoms. The van der Waals surface area contributed by atoms with Crippen molar-refractivity contribution in [3.63, 3.8) is 0 Å². The summed E-state index contributed by atoms with van der Waals surface area (Å²) in [5, 5.41) is 3.91. The molecule has 2 saturated heterocycles. The number of likely N-dealkylation sites (tertiary alicyclic amines) is 1. The highest BCUT2D eigenvalue weighted by atomic mass is 16.5. The molecule has 0 N–H and O–H groups in total. The maximum Gasteiger partial charge on any atom is 0.233 e. The van der Waals surface area contributed by atoms with Gasteiger partial charge >= 0.3 is 0 Å². The van der Waals surface area contributed by atoms with Crippen LogP contribution in [0.3, 0.4) is 0 Å². The average Bonchev–Trinajstić information content (AvgIpc) is 3.46. The fraction of sp³-hybridized carbons (Fsp3) is 0.609. The lowest BCUT2D eigenvalue weighted by Gasteiger charge is -2.46. The Bertz CT molecular complexity index is 867. The van der Waals surface area contributed by atoms with Gasteiger partial charge in [-0.25, -0.2) is 0 Å². The number of hydrogen-bond acceptors (Lipinski definition) is 5. The first-order chi connectivity index (χ1) is 14.1. The van der Waals surface area contributed by atoms with E-state index in [0.29, 0.717) is 17.6 Å². The van der Waals surface area contributed by atoms with E-state index < -0.39 is 0 Å². The van der Waals surface area contributed by atoms with E-state index in [1.54, 1.807) is 0 Å². The molecule has 2 aromatic rings. The van der Waals surface area contributed by atoms with Crippen LogP contribution in [-0.2, 0) is 21.4 Å². The molecule has 6 nitrogen and oxygen atoms in total. The Morgan fingerprint density at radius 1 is 1.17 bits per heavy atom. The quantitative estimate of drug-likeness (QED) is 0.793. The maximum atomic E-state index is 13.3. The zero-order valence-electron chi connectivity index (χ0n) is 17.1. The first-order valence-electron chi connectivity index (χ1n) is 10.9. The molecule has 1 aromatic carbocycles. The molecule has 154 valence electrons. The number of benzene rings is 1. The summed E-state index contributed by atoms with van der Waals surface area (Å²) in [6, 6.07) is 10.3. The van der Waals surface area contributed by atoms with E-state index in [9.17, 15) is 4.79 Å². The smallest absolute Gasteiger partial charge is 0.233 e. The predicted octanol–water partition coefficient (Wildman–Crippen LogP) is 3.44. The standard InChI is InChI=1S/C23H29N3O3/c1-17-24-20(29-25-17)15-18-7-14-28-22(16-18)10-12-26(13-11-22)21(27)23(8-9-23)19-5-3-2-4-6-19/h2-6,18H,7-16H2,1H3. The Hall–Kier alpha value is -2.21. The molecular formula is C23H29N3O3. The van der Waals surface area contributed by atoms with Crippen LogP contribution < -0.4 is 0 Å². The number of aromatic nitrogens is 2. The number of rotatable bonds is 4. The third-order valence-corrected chi connectivity index (χ3v) is 7.08. The summed E-state index contributed by atoms with van der Waals surface area (Å²) in [7, 11) is 0. The number of piperidine rings is 1. The summed E-state index contributed by atoms with van der Waals surface area (Å²) in [5.74, 6) is 2.24. The lowest BCUT2D eigenvalue weighted by atomic mass is 9.78. The second kappa shape index (κ2) is 7.24. The Kier molecular flexibility index (Phi) is 4.69. The highest BCUT2D eigenvalue weighted by molar-refractivity contribution is 5.91. The molecule has 5 rings (SSSR count). The summed E-state index contributed by atoms with van der Waals surface area (Å²) in [6.07, 6.45) is 6.65. The van der Waals surface area contributed by atoms with E-state index in [2.05, 4.69) is 27.2 Å². The van der Waals surface area contributed by atoms with Crippen LogP contribution in [0.2, 0.25) is 0 Å². The highest BCUT2D eigenvalue weighted by Gasteiger charge is 2.54. The molecule has 1 atom stereocenters. The zero-order valence-corrected chi connectivity index (χ0v) is 17.1. The second-order valence-electron chi connectivity index (χ2n) is 9.07. The topological polar surface area (TPSA) is 68.5 Å². The normalized spacial score (nSPS) is 25.1. The summed E-state index contributed by atoms with van der Waals surface area (Å²) in [4.78, 5) is 19.8. The van der Waals surface area contributed by atoms with Gasteiger partial charge in [-0.2, -0.15) is 4.98 Å². The van der Waals surface area contributed by atoms with Crippen LogP contribution in [-0.4, -0.2) is 46.2 Å². The Morgan fingerprint density at radius 3 is 2.59 bits per heavy atom. The highest BCUT2D eigenvalue weighted by Crippen LogP contribution is 2.50. The van der Waals surface area contributed by atoms with Crippen LogP contribution in [0.5, 0.6) is 0 Å². The number of nitrogens with zero attached hydrogens (tertiary/aromatic N) is 3. The van der Waals surface area contributed by atoms with Crippen molar-refractivity contribution in [2.75, 3.05) is 19.7 Å². The number of ether oxygens (including phenoxy) is 1. The van der Waals surface area contributed by atoms with Crippen molar-refractivity contribution >= 4 is 5.91 Å². The predicted molar refractivity (Wildman–Crippen MR) is 107 cm³/mol. The van der Waals surface area contributed by atoms with E-state index in [1.165, 1.54) is 5.56 Å². The van der Waals surface area contributed by atoms with Gasteiger partial charge in [0.05, 0.1) is 11.0 Å². The largest absolute Gasteiger partial charge is 0.375 e. The molecule has 1 aliphatic carbocycles. The van der Waals surface area contributed by atoms with Crippen LogP contribution in [0.25, 0.3) is 0 Å². The minimum atomic E-state index is -0.266. The third-order valence-electron chi connectivity index (χ3n) is 7.08. The lowest BCUT2D eigenvalue weighted by Crippen LogP contribution is -2.52. The van der Waals surface area contributed by atoms with Gasteiger partial charge in [-0.15, -0.1) is 0 Å². The van der Waals surface area contributed by atoms with Gasteiger partial charge < -0.3 is 14.2 Å². The third kappa shape index (κ3) is 3.59. The van der Waals surface area contributed by atoms with Crippen molar-refractivity contribution in [3.05, 3.63) is 47.6 Å². The molecule has 2 aliphatic heterocycles. The van der Waals surface area contributed by atoms with E-state index in [0.717, 1.165) is 70.5 Å². The first-order valence-corrected chi connectivity index (χ1v) is 10.9. The van der Waals surface area contributed by atoms with Crippen molar-refractivity contribution < 1.29 is 14.1 Å². The van der Waals surface area contributed by atoms with Gasteiger partial charge in [0.1, 0.15) is 0 Å². The molecule has 3 fully saturated rings. The van der Waals surface area contributed by atoms with Crippen LogP contribution in [0.15, 0.2) is 34.9 Å². The number of carbonyl (C=O) groups excluding carboxylic acids is 1. The minimum Gasteiger partial charge on any atom is -0.375 e. The van der Waals surface area contributed by atoms with Crippen molar-refractivity contribution in [1.29, 1.82) is 0 Å². The minimum absolute atomic E-state index is 0.0990. The summed E-state index contributed by atoms with van der Waals surface area (Å²) < 4.78 is 11.6.